The summed E-state index contributed by atoms with van der Waals surface area (Å²) in [6, 6.07) is 0. The quantitative estimate of drug-likeness (QED) is 0.829. The standard InChI is InChI=1S/C10H12N2OS/c1-4-6-8-9(5-2)14-10(12-8)11-7(3)13/h4-6H,2H2,1,3H3,(H,11,12,13)/b6-4-. The molecule has 0 spiro atoms. The molecular weight excluding hydrogens is 196 g/mol. The lowest BCUT2D eigenvalue weighted by Gasteiger charge is -1.91. The van der Waals surface area contributed by atoms with Crippen LogP contribution in [-0.4, -0.2) is 10.9 Å². The summed E-state index contributed by atoms with van der Waals surface area (Å²) < 4.78 is 0. The fraction of sp³-hybridized carbons (Fsp3) is 0.200. The minimum atomic E-state index is -0.110. The van der Waals surface area contributed by atoms with Gasteiger partial charge in [0.05, 0.1) is 10.6 Å². The molecule has 1 rings (SSSR count). The molecule has 0 aliphatic carbocycles. The Balaban J connectivity index is 2.99. The first-order chi connectivity index (χ1) is 6.67. The van der Waals surface area contributed by atoms with Crippen molar-refractivity contribution in [2.75, 3.05) is 5.32 Å². The first-order valence-corrected chi connectivity index (χ1v) is 5.02. The molecule has 1 heterocycles. The Bertz CT molecular complexity index is 379. The third-order valence-electron chi connectivity index (χ3n) is 1.47. The highest BCUT2D eigenvalue weighted by Crippen LogP contribution is 2.24. The first-order valence-electron chi connectivity index (χ1n) is 4.21. The van der Waals surface area contributed by atoms with Gasteiger partial charge in [-0.05, 0) is 19.1 Å². The molecule has 74 valence electrons. The number of carbonyl (C=O) groups is 1. The Kier molecular flexibility index (Phi) is 3.59. The molecule has 0 aliphatic rings. The van der Waals surface area contributed by atoms with Crippen molar-refractivity contribution in [3.05, 3.63) is 23.2 Å². The Labute approximate surface area is 87.2 Å². The van der Waals surface area contributed by atoms with Gasteiger partial charge in [-0.3, -0.25) is 4.79 Å². The largest absolute Gasteiger partial charge is 0.302 e. The molecule has 0 fully saturated rings. The number of anilines is 1. The second kappa shape index (κ2) is 4.72. The summed E-state index contributed by atoms with van der Waals surface area (Å²) in [5.41, 5.74) is 0.844. The summed E-state index contributed by atoms with van der Waals surface area (Å²) in [6.07, 6.45) is 5.52. The van der Waals surface area contributed by atoms with Gasteiger partial charge in [-0.15, -0.1) is 0 Å². The van der Waals surface area contributed by atoms with E-state index in [-0.39, 0.29) is 5.91 Å². The number of hydrogen-bond acceptors (Lipinski definition) is 3. The third kappa shape index (κ3) is 2.53. The van der Waals surface area contributed by atoms with Crippen molar-refractivity contribution in [1.29, 1.82) is 0 Å². The Morgan fingerprint density at radius 1 is 1.64 bits per heavy atom. The molecule has 1 aromatic rings. The van der Waals surface area contributed by atoms with Crippen molar-refractivity contribution in [2.45, 2.75) is 13.8 Å². The van der Waals surface area contributed by atoms with E-state index in [0.29, 0.717) is 5.13 Å². The molecular formula is C10H12N2OS. The zero-order valence-electron chi connectivity index (χ0n) is 8.20. The smallest absolute Gasteiger partial charge is 0.223 e. The van der Waals surface area contributed by atoms with Crippen LogP contribution in [-0.2, 0) is 4.79 Å². The van der Waals surface area contributed by atoms with Crippen LogP contribution in [0.25, 0.3) is 12.2 Å². The molecule has 14 heavy (non-hydrogen) atoms. The molecule has 4 heteroatoms. The molecule has 0 atom stereocenters. The van der Waals surface area contributed by atoms with Gasteiger partial charge in [-0.2, -0.15) is 0 Å². The van der Waals surface area contributed by atoms with Gasteiger partial charge in [0.25, 0.3) is 0 Å². The van der Waals surface area contributed by atoms with Crippen LogP contribution in [0.5, 0.6) is 0 Å². The Hall–Kier alpha value is -1.42. The van der Waals surface area contributed by atoms with Gasteiger partial charge in [-0.25, -0.2) is 4.98 Å². The van der Waals surface area contributed by atoms with Crippen molar-refractivity contribution in [3.8, 4) is 0 Å². The van der Waals surface area contributed by atoms with E-state index in [0.717, 1.165) is 10.6 Å². The van der Waals surface area contributed by atoms with E-state index in [1.165, 1.54) is 18.3 Å². The topological polar surface area (TPSA) is 42.0 Å². The number of carbonyl (C=O) groups excluding carboxylic acids is 1. The Morgan fingerprint density at radius 2 is 2.36 bits per heavy atom. The number of hydrogen-bond donors (Lipinski definition) is 1. The maximum absolute atomic E-state index is 10.8. The predicted molar refractivity (Wildman–Crippen MR) is 61.2 cm³/mol. The molecule has 0 aromatic carbocycles. The highest BCUT2D eigenvalue weighted by atomic mass is 32.1. The van der Waals surface area contributed by atoms with Crippen molar-refractivity contribution in [3.63, 3.8) is 0 Å². The summed E-state index contributed by atoms with van der Waals surface area (Å²) in [4.78, 5) is 16.0. The van der Waals surface area contributed by atoms with Gasteiger partial charge in [0.1, 0.15) is 0 Å². The molecule has 1 aromatic heterocycles. The number of nitrogens with one attached hydrogen (secondary N) is 1. The van der Waals surface area contributed by atoms with Crippen molar-refractivity contribution in [1.82, 2.24) is 4.98 Å². The van der Waals surface area contributed by atoms with Crippen LogP contribution in [0.2, 0.25) is 0 Å². The van der Waals surface area contributed by atoms with E-state index in [1.807, 2.05) is 19.1 Å². The van der Waals surface area contributed by atoms with Gasteiger partial charge >= 0.3 is 0 Å². The van der Waals surface area contributed by atoms with Crippen LogP contribution in [0.15, 0.2) is 12.7 Å². The lowest BCUT2D eigenvalue weighted by molar-refractivity contribution is -0.114. The minimum absolute atomic E-state index is 0.110. The summed E-state index contributed by atoms with van der Waals surface area (Å²) in [7, 11) is 0. The maximum Gasteiger partial charge on any atom is 0.223 e. The van der Waals surface area contributed by atoms with Gasteiger partial charge in [-0.1, -0.05) is 24.0 Å². The SMILES string of the molecule is C=Cc1sc(NC(C)=O)nc1/C=C\C. The summed E-state index contributed by atoms with van der Waals surface area (Å²) >= 11 is 1.42. The van der Waals surface area contributed by atoms with Gasteiger partial charge in [0.15, 0.2) is 5.13 Å². The van der Waals surface area contributed by atoms with Crippen LogP contribution in [0, 0.1) is 0 Å². The van der Waals surface area contributed by atoms with E-state index in [9.17, 15) is 4.79 Å². The van der Waals surface area contributed by atoms with Crippen molar-refractivity contribution < 1.29 is 4.79 Å². The molecule has 3 nitrogen and oxygen atoms in total. The molecule has 0 saturated carbocycles. The summed E-state index contributed by atoms with van der Waals surface area (Å²) in [5.74, 6) is -0.110. The molecule has 0 radical (unpaired) electrons. The number of aromatic nitrogens is 1. The highest BCUT2D eigenvalue weighted by Gasteiger charge is 2.06. The van der Waals surface area contributed by atoms with Crippen LogP contribution in [0.1, 0.15) is 24.4 Å². The molecule has 0 saturated heterocycles. The molecule has 1 N–H and O–H groups in total. The second-order valence-corrected chi connectivity index (χ2v) is 3.68. The van der Waals surface area contributed by atoms with Gasteiger partial charge in [0, 0.05) is 6.92 Å². The maximum atomic E-state index is 10.8. The van der Waals surface area contributed by atoms with E-state index in [1.54, 1.807) is 6.08 Å². The number of allylic oxidation sites excluding steroid dienone is 1. The lowest BCUT2D eigenvalue weighted by Crippen LogP contribution is -2.04. The number of rotatable bonds is 3. The van der Waals surface area contributed by atoms with Gasteiger partial charge in [0.2, 0.25) is 5.91 Å². The third-order valence-corrected chi connectivity index (χ3v) is 2.46. The van der Waals surface area contributed by atoms with Crippen LogP contribution < -0.4 is 5.32 Å². The first kappa shape index (κ1) is 10.7. The van der Waals surface area contributed by atoms with E-state index >= 15 is 0 Å². The highest BCUT2D eigenvalue weighted by molar-refractivity contribution is 7.16. The van der Waals surface area contributed by atoms with E-state index in [4.69, 9.17) is 0 Å². The number of nitrogens with zero attached hydrogens (tertiary/aromatic N) is 1. The summed E-state index contributed by atoms with van der Waals surface area (Å²) in [6.45, 7) is 7.07. The average molecular weight is 208 g/mol. The zero-order valence-corrected chi connectivity index (χ0v) is 9.02. The molecule has 0 unspecified atom stereocenters. The normalized spacial score (nSPS) is 10.4. The van der Waals surface area contributed by atoms with Crippen LogP contribution in [0.3, 0.4) is 0 Å². The molecule has 1 amide bonds. The van der Waals surface area contributed by atoms with Crippen LogP contribution in [0.4, 0.5) is 5.13 Å². The summed E-state index contributed by atoms with van der Waals surface area (Å²) in [5, 5.41) is 3.26. The molecule has 0 bridgehead atoms. The predicted octanol–water partition coefficient (Wildman–Crippen LogP) is 2.78. The van der Waals surface area contributed by atoms with Crippen molar-refractivity contribution in [2.24, 2.45) is 0 Å². The number of amides is 1. The van der Waals surface area contributed by atoms with Crippen LogP contribution >= 0.6 is 11.3 Å². The fourth-order valence-electron chi connectivity index (χ4n) is 0.971. The number of thiazole rings is 1. The lowest BCUT2D eigenvalue weighted by atomic mass is 10.3. The monoisotopic (exact) mass is 208 g/mol. The van der Waals surface area contributed by atoms with E-state index in [2.05, 4.69) is 16.9 Å². The second-order valence-electron chi connectivity index (χ2n) is 2.65. The van der Waals surface area contributed by atoms with Crippen molar-refractivity contribution >= 4 is 34.5 Å². The fourth-order valence-corrected chi connectivity index (χ4v) is 1.82. The molecule has 0 aliphatic heterocycles. The average Bonchev–Trinajstić information content (AvgIpc) is 2.47. The Morgan fingerprint density at radius 3 is 2.86 bits per heavy atom. The van der Waals surface area contributed by atoms with Gasteiger partial charge < -0.3 is 5.32 Å². The minimum Gasteiger partial charge on any atom is -0.302 e. The zero-order chi connectivity index (χ0) is 10.6. The van der Waals surface area contributed by atoms with E-state index < -0.39 is 0 Å².